The molecule has 2 aliphatic rings. The molecule has 7 nitrogen and oxygen atoms in total. The van der Waals surface area contributed by atoms with E-state index < -0.39 is 12.1 Å². The molecule has 23 heavy (non-hydrogen) atoms. The molecule has 3 rings (SSSR count). The Hall–Kier alpha value is -1.80. The van der Waals surface area contributed by atoms with E-state index in [0.29, 0.717) is 47.9 Å². The molecule has 1 fully saturated rings. The maximum atomic E-state index is 12.7. The molecule has 1 atom stereocenters. The molecule has 2 aliphatic heterocycles. The van der Waals surface area contributed by atoms with Crippen LogP contribution >= 0.6 is 15.9 Å². The van der Waals surface area contributed by atoms with Crippen LogP contribution in [0.3, 0.4) is 0 Å². The average molecular weight is 386 g/mol. The van der Waals surface area contributed by atoms with Gasteiger partial charge in [-0.1, -0.05) is 0 Å². The molecule has 8 heteroatoms. The van der Waals surface area contributed by atoms with Crippen molar-refractivity contribution in [1.29, 1.82) is 0 Å². The zero-order chi connectivity index (χ0) is 16.4. The first kappa shape index (κ1) is 16.1. The highest BCUT2D eigenvalue weighted by Gasteiger charge is 2.28. The first-order valence-corrected chi connectivity index (χ1v) is 8.05. The fourth-order valence-electron chi connectivity index (χ4n) is 2.64. The van der Waals surface area contributed by atoms with Crippen LogP contribution in [-0.4, -0.2) is 60.9 Å². The lowest BCUT2D eigenvalue weighted by atomic mass is 10.1. The van der Waals surface area contributed by atoms with Gasteiger partial charge in [-0.05, 0) is 28.1 Å². The number of nitrogens with zero attached hydrogens (tertiary/aromatic N) is 1. The molecule has 0 aliphatic carbocycles. The van der Waals surface area contributed by atoms with Crippen LogP contribution in [0.15, 0.2) is 16.6 Å². The highest BCUT2D eigenvalue weighted by molar-refractivity contribution is 9.10. The van der Waals surface area contributed by atoms with Gasteiger partial charge in [0.05, 0.1) is 23.6 Å². The molecule has 1 amide bonds. The van der Waals surface area contributed by atoms with Gasteiger partial charge >= 0.3 is 5.97 Å². The maximum absolute atomic E-state index is 12.7. The summed E-state index contributed by atoms with van der Waals surface area (Å²) in [7, 11) is 0. The van der Waals surface area contributed by atoms with Gasteiger partial charge in [-0.15, -0.1) is 0 Å². The summed E-state index contributed by atoms with van der Waals surface area (Å²) in [6.07, 6.45) is -0.597. The van der Waals surface area contributed by atoms with E-state index in [1.807, 2.05) is 0 Å². The van der Waals surface area contributed by atoms with Crippen LogP contribution in [0.5, 0.6) is 11.5 Å². The minimum atomic E-state index is -0.939. The Bertz CT molecular complexity index is 635. The van der Waals surface area contributed by atoms with Crippen LogP contribution < -0.4 is 9.47 Å². The van der Waals surface area contributed by atoms with Crippen LogP contribution in [-0.2, 0) is 9.53 Å². The summed E-state index contributed by atoms with van der Waals surface area (Å²) in [5.74, 6) is 0.00980. The fourth-order valence-corrected chi connectivity index (χ4v) is 3.20. The van der Waals surface area contributed by atoms with Crippen LogP contribution in [0.4, 0.5) is 0 Å². The smallest absolute Gasteiger partial charge is 0.306 e. The van der Waals surface area contributed by atoms with E-state index in [1.54, 1.807) is 17.0 Å². The molecule has 1 saturated heterocycles. The second-order valence-electron chi connectivity index (χ2n) is 5.32. The zero-order valence-electron chi connectivity index (χ0n) is 12.3. The van der Waals surface area contributed by atoms with Gasteiger partial charge in [-0.25, -0.2) is 0 Å². The molecule has 1 N–H and O–H groups in total. The molecular weight excluding hydrogens is 370 g/mol. The highest BCUT2D eigenvalue weighted by atomic mass is 79.9. The lowest BCUT2D eigenvalue weighted by Gasteiger charge is -2.32. The summed E-state index contributed by atoms with van der Waals surface area (Å²) in [6.45, 7) is 1.93. The number of benzene rings is 1. The monoisotopic (exact) mass is 385 g/mol. The van der Waals surface area contributed by atoms with Crippen LogP contribution in [0.2, 0.25) is 0 Å². The van der Waals surface area contributed by atoms with Gasteiger partial charge in [0.15, 0.2) is 11.5 Å². The number of carbonyl (C=O) groups is 2. The molecule has 0 aromatic heterocycles. The molecule has 0 saturated carbocycles. The van der Waals surface area contributed by atoms with Gasteiger partial charge in [-0.3, -0.25) is 9.59 Å². The number of rotatable bonds is 3. The molecule has 124 valence electrons. The molecule has 0 unspecified atom stereocenters. The Labute approximate surface area is 141 Å². The Morgan fingerprint density at radius 3 is 2.83 bits per heavy atom. The van der Waals surface area contributed by atoms with Crippen molar-refractivity contribution in [3.63, 3.8) is 0 Å². The van der Waals surface area contributed by atoms with E-state index >= 15 is 0 Å². The van der Waals surface area contributed by atoms with Gasteiger partial charge < -0.3 is 24.2 Å². The number of hydrogen-bond donors (Lipinski definition) is 1. The van der Waals surface area contributed by atoms with E-state index in [1.165, 1.54) is 0 Å². The van der Waals surface area contributed by atoms with Crippen molar-refractivity contribution in [2.75, 3.05) is 32.9 Å². The number of carboxylic acid groups (broad SMARTS) is 1. The molecule has 0 spiro atoms. The largest absolute Gasteiger partial charge is 0.486 e. The SMILES string of the molecule is O=C(O)C[C@H]1CN(C(=O)c2cc(Br)c3c(c2)OCCO3)CCO1. The average Bonchev–Trinajstić information content (AvgIpc) is 2.54. The zero-order valence-corrected chi connectivity index (χ0v) is 13.9. The number of amides is 1. The number of ether oxygens (including phenoxy) is 3. The van der Waals surface area contributed by atoms with Gasteiger partial charge in [0.2, 0.25) is 0 Å². The normalized spacial score (nSPS) is 20.2. The minimum absolute atomic E-state index is 0.116. The highest BCUT2D eigenvalue weighted by Crippen LogP contribution is 2.38. The second-order valence-corrected chi connectivity index (χ2v) is 6.18. The topological polar surface area (TPSA) is 85.3 Å². The molecule has 2 heterocycles. The first-order chi connectivity index (χ1) is 11.0. The summed E-state index contributed by atoms with van der Waals surface area (Å²) in [6, 6.07) is 3.35. The van der Waals surface area contributed by atoms with Crippen LogP contribution in [0.25, 0.3) is 0 Å². The summed E-state index contributed by atoms with van der Waals surface area (Å²) < 4.78 is 17.1. The third kappa shape index (κ3) is 3.59. The second kappa shape index (κ2) is 6.76. The number of fused-ring (bicyclic) bond motifs is 1. The van der Waals surface area contributed by atoms with Crippen molar-refractivity contribution in [1.82, 2.24) is 4.90 Å². The van der Waals surface area contributed by atoms with E-state index in [9.17, 15) is 9.59 Å². The van der Waals surface area contributed by atoms with E-state index in [-0.39, 0.29) is 18.9 Å². The lowest BCUT2D eigenvalue weighted by molar-refractivity contribution is -0.141. The van der Waals surface area contributed by atoms with Crippen molar-refractivity contribution in [3.8, 4) is 11.5 Å². The third-order valence-electron chi connectivity index (χ3n) is 3.67. The van der Waals surface area contributed by atoms with Gasteiger partial charge in [0.25, 0.3) is 5.91 Å². The predicted molar refractivity (Wildman–Crippen MR) is 83.0 cm³/mol. The van der Waals surface area contributed by atoms with Crippen molar-refractivity contribution in [2.24, 2.45) is 0 Å². The standard InChI is InChI=1S/C15H16BrNO6/c16-11-5-9(6-12-14(11)23-4-3-22-12)15(20)17-1-2-21-10(8-17)7-13(18)19/h5-6,10H,1-4,7-8H2,(H,18,19)/t10-/m0/s1. The summed E-state index contributed by atoms with van der Waals surface area (Å²) in [5.41, 5.74) is 0.470. The number of carbonyl (C=O) groups excluding carboxylic acids is 1. The number of morpholine rings is 1. The molecule has 1 aromatic carbocycles. The quantitative estimate of drug-likeness (QED) is 0.849. The van der Waals surface area contributed by atoms with Gasteiger partial charge in [0.1, 0.15) is 13.2 Å². The van der Waals surface area contributed by atoms with Gasteiger partial charge in [0, 0.05) is 18.7 Å². The Morgan fingerprint density at radius 2 is 2.04 bits per heavy atom. The Morgan fingerprint density at radius 1 is 1.26 bits per heavy atom. The Balaban J connectivity index is 1.77. The van der Waals surface area contributed by atoms with Crippen molar-refractivity contribution in [3.05, 3.63) is 22.2 Å². The number of aliphatic carboxylic acids is 1. The van der Waals surface area contributed by atoms with E-state index in [0.717, 1.165) is 0 Å². The minimum Gasteiger partial charge on any atom is -0.486 e. The summed E-state index contributed by atoms with van der Waals surface area (Å²) in [5, 5.41) is 8.86. The molecular formula is C15H16BrNO6. The maximum Gasteiger partial charge on any atom is 0.306 e. The van der Waals surface area contributed by atoms with E-state index in [4.69, 9.17) is 19.3 Å². The molecule has 1 aromatic rings. The Kier molecular flexibility index (Phi) is 4.72. The number of halogens is 1. The summed E-state index contributed by atoms with van der Waals surface area (Å²) in [4.78, 5) is 25.1. The fraction of sp³-hybridized carbons (Fsp3) is 0.467. The predicted octanol–water partition coefficient (Wildman–Crippen LogP) is 1.54. The first-order valence-electron chi connectivity index (χ1n) is 7.26. The van der Waals surface area contributed by atoms with Crippen LogP contribution in [0, 0.1) is 0 Å². The van der Waals surface area contributed by atoms with Crippen molar-refractivity contribution in [2.45, 2.75) is 12.5 Å². The molecule has 0 radical (unpaired) electrons. The number of hydrogen-bond acceptors (Lipinski definition) is 5. The van der Waals surface area contributed by atoms with Crippen molar-refractivity contribution >= 4 is 27.8 Å². The lowest BCUT2D eigenvalue weighted by Crippen LogP contribution is -2.46. The van der Waals surface area contributed by atoms with Gasteiger partial charge in [-0.2, -0.15) is 0 Å². The van der Waals surface area contributed by atoms with Crippen LogP contribution in [0.1, 0.15) is 16.8 Å². The molecule has 0 bridgehead atoms. The summed E-state index contributed by atoms with van der Waals surface area (Å²) >= 11 is 3.39. The van der Waals surface area contributed by atoms with E-state index in [2.05, 4.69) is 15.9 Å². The third-order valence-corrected chi connectivity index (χ3v) is 4.26. The van der Waals surface area contributed by atoms with Crippen molar-refractivity contribution < 1.29 is 28.9 Å². The number of carboxylic acids is 1.